The van der Waals surface area contributed by atoms with Gasteiger partial charge in [-0.15, -0.1) is 0 Å². The van der Waals surface area contributed by atoms with Crippen molar-refractivity contribution in [2.45, 2.75) is 18.7 Å². The second-order valence-electron chi connectivity index (χ2n) is 4.71. The molecule has 0 unspecified atom stereocenters. The van der Waals surface area contributed by atoms with Crippen LogP contribution in [0.4, 0.5) is 18.9 Å². The first-order chi connectivity index (χ1) is 10.1. The highest BCUT2D eigenvalue weighted by Crippen LogP contribution is 2.44. The minimum Gasteiger partial charge on any atom is -0.496 e. The molecule has 0 aromatic heterocycles. The van der Waals surface area contributed by atoms with Gasteiger partial charge in [0.15, 0.2) is 0 Å². The van der Waals surface area contributed by atoms with Gasteiger partial charge >= 0.3 is 12.1 Å². The predicted molar refractivity (Wildman–Crippen MR) is 73.9 cm³/mol. The first kappa shape index (κ1) is 18.1. The van der Waals surface area contributed by atoms with Crippen LogP contribution in [-0.2, 0) is 15.1 Å². The van der Waals surface area contributed by atoms with Crippen LogP contribution in [0.5, 0.6) is 5.75 Å². The van der Waals surface area contributed by atoms with Crippen molar-refractivity contribution in [3.05, 3.63) is 23.8 Å². The zero-order valence-corrected chi connectivity index (χ0v) is 12.7. The summed E-state index contributed by atoms with van der Waals surface area (Å²) in [5, 5.41) is 10.1. The van der Waals surface area contributed by atoms with E-state index in [2.05, 4.69) is 4.74 Å². The largest absolute Gasteiger partial charge is 0.496 e. The van der Waals surface area contributed by atoms with Crippen LogP contribution in [0.2, 0.25) is 0 Å². The molecule has 1 N–H and O–H groups in total. The van der Waals surface area contributed by atoms with Crippen molar-refractivity contribution in [1.29, 1.82) is 0 Å². The van der Waals surface area contributed by atoms with Crippen LogP contribution in [0.1, 0.15) is 12.5 Å². The minimum absolute atomic E-state index is 0.265. The van der Waals surface area contributed by atoms with Crippen LogP contribution in [0.3, 0.4) is 0 Å². The molecule has 1 atom stereocenters. The van der Waals surface area contributed by atoms with E-state index < -0.39 is 23.3 Å². The van der Waals surface area contributed by atoms with Gasteiger partial charge in [0.25, 0.3) is 5.60 Å². The molecule has 0 aliphatic carbocycles. The lowest BCUT2D eigenvalue weighted by molar-refractivity contribution is -0.268. The minimum atomic E-state index is -5.26. The maximum Gasteiger partial charge on any atom is 0.432 e. The van der Waals surface area contributed by atoms with Gasteiger partial charge < -0.3 is 19.5 Å². The second kappa shape index (κ2) is 6.43. The molecule has 1 rings (SSSR count). The molecule has 0 aliphatic heterocycles. The molecule has 0 amide bonds. The molecule has 22 heavy (non-hydrogen) atoms. The molecule has 0 saturated carbocycles. The van der Waals surface area contributed by atoms with Crippen LogP contribution in [0, 0.1) is 0 Å². The van der Waals surface area contributed by atoms with Gasteiger partial charge in [-0.3, -0.25) is 0 Å². The normalized spacial score (nSPS) is 14.2. The van der Waals surface area contributed by atoms with Crippen molar-refractivity contribution in [2.24, 2.45) is 0 Å². The van der Waals surface area contributed by atoms with Crippen LogP contribution in [0.25, 0.3) is 0 Å². The molecule has 0 aliphatic rings. The van der Waals surface area contributed by atoms with E-state index in [1.54, 1.807) is 19.0 Å². The third-order valence-corrected chi connectivity index (χ3v) is 3.07. The van der Waals surface area contributed by atoms with Gasteiger partial charge in [0, 0.05) is 31.4 Å². The highest BCUT2D eigenvalue weighted by molar-refractivity contribution is 5.83. The molecule has 5 nitrogen and oxygen atoms in total. The number of methoxy groups -OCH3 is 1. The van der Waals surface area contributed by atoms with Gasteiger partial charge in [-0.1, -0.05) is 0 Å². The van der Waals surface area contributed by atoms with Gasteiger partial charge in [0.1, 0.15) is 5.75 Å². The van der Waals surface area contributed by atoms with E-state index in [9.17, 15) is 23.1 Å². The number of aliphatic hydroxyl groups is 1. The fraction of sp³-hybridized carbons (Fsp3) is 0.500. The summed E-state index contributed by atoms with van der Waals surface area (Å²) in [6.45, 7) is 1.05. The number of carbonyl (C=O) groups is 1. The van der Waals surface area contributed by atoms with Crippen LogP contribution in [-0.4, -0.2) is 45.1 Å². The van der Waals surface area contributed by atoms with Crippen LogP contribution >= 0.6 is 0 Å². The first-order valence-electron chi connectivity index (χ1n) is 6.41. The molecule has 0 heterocycles. The van der Waals surface area contributed by atoms with Gasteiger partial charge in [0.2, 0.25) is 0 Å². The number of rotatable bonds is 5. The molecule has 0 bridgehead atoms. The van der Waals surface area contributed by atoms with Gasteiger partial charge in [-0.25, -0.2) is 4.79 Å². The Kier molecular flexibility index (Phi) is 5.29. The average Bonchev–Trinajstić information content (AvgIpc) is 2.44. The number of benzene rings is 1. The molecule has 0 saturated heterocycles. The smallest absolute Gasteiger partial charge is 0.432 e. The van der Waals surface area contributed by atoms with E-state index in [1.807, 2.05) is 0 Å². The van der Waals surface area contributed by atoms with Gasteiger partial charge in [-0.05, 0) is 19.1 Å². The quantitative estimate of drug-likeness (QED) is 0.842. The van der Waals surface area contributed by atoms with Crippen LogP contribution in [0.15, 0.2) is 18.2 Å². The lowest BCUT2D eigenvalue weighted by atomic mass is 9.91. The standard InChI is InChI=1S/C14H18F3NO4/c1-5-22-12(19)13(20,14(15,16)17)10-7-6-9(18(2)3)8-11(10)21-4/h6-8,20H,5H2,1-4H3/t13-/m0/s1. The summed E-state index contributed by atoms with van der Waals surface area (Å²) >= 11 is 0. The summed E-state index contributed by atoms with van der Waals surface area (Å²) in [4.78, 5) is 13.4. The Labute approximate surface area is 126 Å². The van der Waals surface area contributed by atoms with Crippen molar-refractivity contribution in [1.82, 2.24) is 0 Å². The van der Waals surface area contributed by atoms with Gasteiger partial charge in [0.05, 0.1) is 13.7 Å². The summed E-state index contributed by atoms with van der Waals surface area (Å²) in [6, 6.07) is 3.64. The highest BCUT2D eigenvalue weighted by atomic mass is 19.4. The number of ether oxygens (including phenoxy) is 2. The predicted octanol–water partition coefficient (Wildman–Crippen LogP) is 2.07. The number of hydrogen-bond donors (Lipinski definition) is 1. The third-order valence-electron chi connectivity index (χ3n) is 3.07. The molecule has 0 radical (unpaired) electrons. The molecule has 0 spiro atoms. The van der Waals surface area contributed by atoms with Crippen molar-refractivity contribution >= 4 is 11.7 Å². The lowest BCUT2D eigenvalue weighted by Crippen LogP contribution is -2.50. The number of esters is 1. The summed E-state index contributed by atoms with van der Waals surface area (Å²) in [5.41, 5.74) is -3.96. The fourth-order valence-electron chi connectivity index (χ4n) is 1.87. The van der Waals surface area contributed by atoms with Crippen LogP contribution < -0.4 is 9.64 Å². The number of carbonyl (C=O) groups excluding carboxylic acids is 1. The molecule has 8 heteroatoms. The molecule has 1 aromatic rings. The van der Waals surface area contributed by atoms with Crippen molar-refractivity contribution in [3.63, 3.8) is 0 Å². The summed E-state index contributed by atoms with van der Waals surface area (Å²) in [6.07, 6.45) is -5.26. The Balaban J connectivity index is 3.53. The molecule has 0 fully saturated rings. The Bertz CT molecular complexity index is 545. The number of anilines is 1. The van der Waals surface area contributed by atoms with E-state index in [0.29, 0.717) is 5.69 Å². The maximum atomic E-state index is 13.3. The monoisotopic (exact) mass is 321 g/mol. The SMILES string of the molecule is CCOC(=O)[C@@](O)(c1ccc(N(C)C)cc1OC)C(F)(F)F. The van der Waals surface area contributed by atoms with E-state index in [-0.39, 0.29) is 12.4 Å². The summed E-state index contributed by atoms with van der Waals surface area (Å²) < 4.78 is 49.3. The Morgan fingerprint density at radius 1 is 1.32 bits per heavy atom. The summed E-state index contributed by atoms with van der Waals surface area (Å²) in [5.74, 6) is -2.06. The van der Waals surface area contributed by atoms with Gasteiger partial charge in [-0.2, -0.15) is 13.2 Å². The molecular weight excluding hydrogens is 303 g/mol. The van der Waals surface area contributed by atoms with Crippen molar-refractivity contribution in [2.75, 3.05) is 32.7 Å². The molecule has 124 valence electrons. The summed E-state index contributed by atoms with van der Waals surface area (Å²) in [7, 11) is 4.53. The number of nitrogens with zero attached hydrogens (tertiary/aromatic N) is 1. The van der Waals surface area contributed by atoms with E-state index in [4.69, 9.17) is 4.74 Å². The number of halogens is 3. The average molecular weight is 321 g/mol. The van der Waals surface area contributed by atoms with Crippen molar-refractivity contribution < 1.29 is 32.5 Å². The Hall–Kier alpha value is -1.96. The number of alkyl halides is 3. The number of hydrogen-bond acceptors (Lipinski definition) is 5. The highest BCUT2D eigenvalue weighted by Gasteiger charge is 2.63. The fourth-order valence-corrected chi connectivity index (χ4v) is 1.87. The zero-order chi connectivity index (χ0) is 17.1. The zero-order valence-electron chi connectivity index (χ0n) is 12.7. The van der Waals surface area contributed by atoms with Crippen molar-refractivity contribution in [3.8, 4) is 5.75 Å². The van der Waals surface area contributed by atoms with E-state index >= 15 is 0 Å². The molecule has 1 aromatic carbocycles. The first-order valence-corrected chi connectivity index (χ1v) is 6.41. The van der Waals surface area contributed by atoms with E-state index in [1.165, 1.54) is 19.1 Å². The lowest BCUT2D eigenvalue weighted by Gasteiger charge is -2.30. The Morgan fingerprint density at radius 3 is 2.32 bits per heavy atom. The Morgan fingerprint density at radius 2 is 1.91 bits per heavy atom. The third kappa shape index (κ3) is 3.11. The maximum absolute atomic E-state index is 13.3. The van der Waals surface area contributed by atoms with E-state index in [0.717, 1.165) is 13.2 Å². The second-order valence-corrected chi connectivity index (χ2v) is 4.71. The molecular formula is C14H18F3NO4. The topological polar surface area (TPSA) is 59.0 Å².